The average Bonchev–Trinajstić information content (AvgIpc) is 3.25. The zero-order chi connectivity index (χ0) is 24.4. The lowest BCUT2D eigenvalue weighted by Crippen LogP contribution is -2.57. The molecule has 1 saturated heterocycles. The lowest BCUT2D eigenvalue weighted by atomic mass is 10.1. The van der Waals surface area contributed by atoms with Crippen LogP contribution in [0.2, 0.25) is 0 Å². The molecule has 0 aliphatic carbocycles. The van der Waals surface area contributed by atoms with Crippen LogP contribution in [0.3, 0.4) is 0 Å². The second-order valence-corrected chi connectivity index (χ2v) is 8.52. The van der Waals surface area contributed by atoms with E-state index in [0.29, 0.717) is 47.4 Å². The van der Waals surface area contributed by atoms with Crippen molar-refractivity contribution in [1.82, 2.24) is 25.3 Å². The first-order valence-electron chi connectivity index (χ1n) is 11.3. The van der Waals surface area contributed by atoms with E-state index in [1.54, 1.807) is 48.0 Å². The summed E-state index contributed by atoms with van der Waals surface area (Å²) in [5.74, 6) is 0.0612. The molecule has 9 heteroatoms. The van der Waals surface area contributed by atoms with E-state index in [2.05, 4.69) is 15.5 Å². The molecule has 1 aliphatic heterocycles. The molecular weight excluding hydrogens is 434 g/mol. The van der Waals surface area contributed by atoms with Gasteiger partial charge in [0.25, 0.3) is 17.7 Å². The fourth-order valence-corrected chi connectivity index (χ4v) is 4.37. The minimum Gasteiger partial charge on any atom is -0.480 e. The Morgan fingerprint density at radius 1 is 1.15 bits per heavy atom. The number of hydrogen-bond acceptors (Lipinski definition) is 5. The van der Waals surface area contributed by atoms with Crippen molar-refractivity contribution in [3.05, 3.63) is 59.3 Å². The molecule has 2 heterocycles. The van der Waals surface area contributed by atoms with E-state index in [4.69, 9.17) is 4.74 Å². The molecular formula is C25H29N5O4. The minimum atomic E-state index is -0.748. The number of carbonyl (C=O) groups excluding carboxylic acids is 3. The van der Waals surface area contributed by atoms with Gasteiger partial charge in [-0.2, -0.15) is 5.10 Å². The molecule has 0 spiro atoms. The highest BCUT2D eigenvalue weighted by atomic mass is 16.5. The standard InChI is InChI=1S/C25H29N5O4/c1-15-14-29(25(33)18-8-6-5-7-9-18)12-13-30(15)24(32)17(3)34-20-11-10-19(23(31)26-4)22-21(20)16(2)27-28-22/h5-11,15,17H,12-14H2,1-4H3,(H,26,31)(H,27,28)/t15-,17+/m1/s1. The van der Waals surface area contributed by atoms with Gasteiger partial charge in [-0.25, -0.2) is 0 Å². The van der Waals surface area contributed by atoms with Gasteiger partial charge in [0.2, 0.25) is 0 Å². The van der Waals surface area contributed by atoms with Gasteiger partial charge in [-0.05, 0) is 45.0 Å². The quantitative estimate of drug-likeness (QED) is 0.604. The predicted octanol–water partition coefficient (Wildman–Crippen LogP) is 2.37. The van der Waals surface area contributed by atoms with Crippen molar-refractivity contribution in [3.8, 4) is 5.75 Å². The van der Waals surface area contributed by atoms with Gasteiger partial charge < -0.3 is 19.9 Å². The molecule has 178 valence electrons. The topological polar surface area (TPSA) is 108 Å². The summed E-state index contributed by atoms with van der Waals surface area (Å²) in [6, 6.07) is 12.4. The Hall–Kier alpha value is -3.88. The number of carbonyl (C=O) groups is 3. The first-order chi connectivity index (χ1) is 16.3. The van der Waals surface area contributed by atoms with E-state index in [-0.39, 0.29) is 23.8 Å². The summed E-state index contributed by atoms with van der Waals surface area (Å²) in [5, 5.41) is 10.4. The fraction of sp³-hybridized carbons (Fsp3) is 0.360. The Balaban J connectivity index is 1.46. The smallest absolute Gasteiger partial charge is 0.263 e. The largest absolute Gasteiger partial charge is 0.480 e. The van der Waals surface area contributed by atoms with Crippen LogP contribution in [0, 0.1) is 6.92 Å². The predicted molar refractivity (Wildman–Crippen MR) is 128 cm³/mol. The summed E-state index contributed by atoms with van der Waals surface area (Å²) < 4.78 is 6.08. The van der Waals surface area contributed by atoms with E-state index >= 15 is 0 Å². The molecule has 4 rings (SSSR count). The lowest BCUT2D eigenvalue weighted by Gasteiger charge is -2.40. The SMILES string of the molecule is CNC(=O)c1ccc(O[C@@H](C)C(=O)N2CCN(C(=O)c3ccccc3)C[C@H]2C)c2c(C)[nH]nc12. The zero-order valence-electron chi connectivity index (χ0n) is 19.8. The van der Waals surface area contributed by atoms with Crippen LogP contribution in [-0.2, 0) is 4.79 Å². The summed E-state index contributed by atoms with van der Waals surface area (Å²) in [5.41, 5.74) is 2.32. The molecule has 0 unspecified atom stereocenters. The third-order valence-electron chi connectivity index (χ3n) is 6.19. The summed E-state index contributed by atoms with van der Waals surface area (Å²) >= 11 is 0. The number of aromatic amines is 1. The van der Waals surface area contributed by atoms with Crippen LogP contribution in [0.15, 0.2) is 42.5 Å². The zero-order valence-corrected chi connectivity index (χ0v) is 19.8. The van der Waals surface area contributed by atoms with E-state index < -0.39 is 6.10 Å². The molecule has 0 bridgehead atoms. The van der Waals surface area contributed by atoms with Crippen LogP contribution in [0.25, 0.3) is 10.9 Å². The maximum atomic E-state index is 13.3. The van der Waals surface area contributed by atoms with Crippen LogP contribution >= 0.6 is 0 Å². The molecule has 34 heavy (non-hydrogen) atoms. The maximum absolute atomic E-state index is 13.3. The van der Waals surface area contributed by atoms with Crippen molar-refractivity contribution in [3.63, 3.8) is 0 Å². The number of rotatable bonds is 5. The van der Waals surface area contributed by atoms with Gasteiger partial charge >= 0.3 is 0 Å². The van der Waals surface area contributed by atoms with Crippen molar-refractivity contribution in [2.45, 2.75) is 32.9 Å². The molecule has 1 aromatic heterocycles. The molecule has 1 aliphatic rings. The van der Waals surface area contributed by atoms with Gasteiger partial charge in [-0.3, -0.25) is 19.5 Å². The number of amides is 3. The van der Waals surface area contributed by atoms with Gasteiger partial charge in [-0.1, -0.05) is 18.2 Å². The van der Waals surface area contributed by atoms with Crippen LogP contribution in [0.4, 0.5) is 0 Å². The number of nitrogens with zero attached hydrogens (tertiary/aromatic N) is 3. The van der Waals surface area contributed by atoms with Crippen molar-refractivity contribution in [2.75, 3.05) is 26.7 Å². The number of hydrogen-bond donors (Lipinski definition) is 2. The van der Waals surface area contributed by atoms with Gasteiger partial charge in [0.15, 0.2) is 6.10 Å². The first-order valence-corrected chi connectivity index (χ1v) is 11.3. The van der Waals surface area contributed by atoms with Crippen molar-refractivity contribution >= 4 is 28.6 Å². The third-order valence-corrected chi connectivity index (χ3v) is 6.19. The molecule has 3 aromatic rings. The summed E-state index contributed by atoms with van der Waals surface area (Å²) in [4.78, 5) is 41.8. The molecule has 2 aromatic carbocycles. The number of fused-ring (bicyclic) bond motifs is 1. The minimum absolute atomic E-state index is 0.0297. The Morgan fingerprint density at radius 3 is 2.56 bits per heavy atom. The molecule has 0 radical (unpaired) electrons. The maximum Gasteiger partial charge on any atom is 0.263 e. The first kappa shape index (κ1) is 23.3. The van der Waals surface area contributed by atoms with Crippen LogP contribution in [0.5, 0.6) is 5.75 Å². The van der Waals surface area contributed by atoms with Crippen molar-refractivity contribution in [1.29, 1.82) is 0 Å². The highest BCUT2D eigenvalue weighted by Gasteiger charge is 2.33. The van der Waals surface area contributed by atoms with Crippen LogP contribution < -0.4 is 10.1 Å². The number of ether oxygens (including phenoxy) is 1. The number of nitrogens with one attached hydrogen (secondary N) is 2. The van der Waals surface area contributed by atoms with Crippen molar-refractivity contribution < 1.29 is 19.1 Å². The number of aryl methyl sites for hydroxylation is 1. The van der Waals surface area contributed by atoms with E-state index in [1.165, 1.54) is 0 Å². The van der Waals surface area contributed by atoms with Gasteiger partial charge in [-0.15, -0.1) is 0 Å². The molecule has 9 nitrogen and oxygen atoms in total. The second kappa shape index (κ2) is 9.54. The average molecular weight is 464 g/mol. The van der Waals surface area contributed by atoms with E-state index in [9.17, 15) is 14.4 Å². The monoisotopic (exact) mass is 463 g/mol. The molecule has 1 fully saturated rings. The normalized spacial score (nSPS) is 16.9. The van der Waals surface area contributed by atoms with E-state index in [1.807, 2.05) is 32.0 Å². The Labute approximate surface area is 198 Å². The highest BCUT2D eigenvalue weighted by molar-refractivity contribution is 6.07. The molecule has 0 saturated carbocycles. The van der Waals surface area contributed by atoms with Gasteiger partial charge in [0, 0.05) is 44.0 Å². The Morgan fingerprint density at radius 2 is 1.88 bits per heavy atom. The highest BCUT2D eigenvalue weighted by Crippen LogP contribution is 2.31. The fourth-order valence-electron chi connectivity index (χ4n) is 4.37. The number of piperazine rings is 1. The molecule has 2 N–H and O–H groups in total. The Bertz CT molecular complexity index is 1220. The van der Waals surface area contributed by atoms with Crippen LogP contribution in [-0.4, -0.2) is 76.5 Å². The summed E-state index contributed by atoms with van der Waals surface area (Å²) in [7, 11) is 1.56. The van der Waals surface area contributed by atoms with Crippen LogP contribution in [0.1, 0.15) is 40.3 Å². The number of benzene rings is 2. The molecule has 2 atom stereocenters. The van der Waals surface area contributed by atoms with E-state index in [0.717, 1.165) is 5.69 Å². The number of H-pyrrole nitrogens is 1. The van der Waals surface area contributed by atoms with Gasteiger partial charge in [0.1, 0.15) is 11.3 Å². The number of aromatic nitrogens is 2. The van der Waals surface area contributed by atoms with Gasteiger partial charge in [0.05, 0.1) is 10.9 Å². The second-order valence-electron chi connectivity index (χ2n) is 8.52. The van der Waals surface area contributed by atoms with Crippen molar-refractivity contribution in [2.24, 2.45) is 0 Å². The third kappa shape index (κ3) is 4.33. The summed E-state index contributed by atoms with van der Waals surface area (Å²) in [6.45, 7) is 6.84. The Kier molecular flexibility index (Phi) is 6.54. The lowest BCUT2D eigenvalue weighted by molar-refractivity contribution is -0.142. The summed E-state index contributed by atoms with van der Waals surface area (Å²) in [6.07, 6.45) is -0.748. The molecule has 3 amide bonds.